The molecule has 1 aromatic carbocycles. The number of nitrogens with zero attached hydrogens (tertiary/aromatic N) is 1. The van der Waals surface area contributed by atoms with Crippen LogP contribution in [-0.4, -0.2) is 31.7 Å². The van der Waals surface area contributed by atoms with E-state index in [2.05, 4.69) is 5.16 Å². The highest BCUT2D eigenvalue weighted by molar-refractivity contribution is 6.22. The minimum atomic E-state index is -0.626. The molecule has 0 aromatic heterocycles. The highest BCUT2D eigenvalue weighted by Crippen LogP contribution is 2.28. The number of hydrogen-bond donors (Lipinski definition) is 0. The van der Waals surface area contributed by atoms with Gasteiger partial charge >= 0.3 is 5.97 Å². The predicted octanol–water partition coefficient (Wildman–Crippen LogP) is 3.96. The van der Waals surface area contributed by atoms with Crippen LogP contribution in [0.15, 0.2) is 46.7 Å². The number of ether oxygens (including phenoxy) is 2. The zero-order valence-electron chi connectivity index (χ0n) is 16.5. The highest BCUT2D eigenvalue weighted by atomic mass is 16.7. The summed E-state index contributed by atoms with van der Waals surface area (Å²) in [6, 6.07) is 4.71. The molecule has 0 atom stereocenters. The maximum Gasteiger partial charge on any atom is 0.365 e. The lowest BCUT2D eigenvalue weighted by Gasteiger charge is -2.19. The van der Waals surface area contributed by atoms with Gasteiger partial charge in [-0.1, -0.05) is 32.9 Å². The van der Waals surface area contributed by atoms with Crippen molar-refractivity contribution in [2.24, 2.45) is 17.0 Å². The summed E-state index contributed by atoms with van der Waals surface area (Å²) in [5.41, 5.74) is 2.03. The molecule has 6 nitrogen and oxygen atoms in total. The highest BCUT2D eigenvalue weighted by Gasteiger charge is 2.25. The Morgan fingerprint density at radius 3 is 1.96 bits per heavy atom. The van der Waals surface area contributed by atoms with Crippen molar-refractivity contribution in [2.45, 2.75) is 27.7 Å². The summed E-state index contributed by atoms with van der Waals surface area (Å²) in [5.74, 6) is 0.426. The topological polar surface area (TPSA) is 74.2 Å². The summed E-state index contributed by atoms with van der Waals surface area (Å²) in [6.07, 6.45) is 3.33. The molecule has 0 heterocycles. The Hall–Kier alpha value is -2.89. The first kappa shape index (κ1) is 20.4. The van der Waals surface area contributed by atoms with Gasteiger partial charge in [-0.05, 0) is 42.2 Å². The molecule has 0 N–H and O–H groups in total. The maximum atomic E-state index is 12.5. The zero-order valence-corrected chi connectivity index (χ0v) is 16.5. The average molecular weight is 371 g/mol. The van der Waals surface area contributed by atoms with E-state index in [4.69, 9.17) is 14.3 Å². The van der Waals surface area contributed by atoms with Gasteiger partial charge in [0.05, 0.1) is 19.8 Å². The average Bonchev–Trinajstić information content (AvgIpc) is 2.65. The number of oxime groups is 1. The van der Waals surface area contributed by atoms with Crippen molar-refractivity contribution in [3.63, 3.8) is 0 Å². The molecular weight excluding hydrogens is 346 g/mol. The molecule has 0 spiro atoms. The fraction of sp³-hybridized carbons (Fsp3) is 0.381. The first-order valence-electron chi connectivity index (χ1n) is 8.77. The maximum absolute atomic E-state index is 12.5. The third kappa shape index (κ3) is 4.64. The van der Waals surface area contributed by atoms with E-state index in [1.807, 2.05) is 27.7 Å². The number of benzene rings is 1. The van der Waals surface area contributed by atoms with E-state index in [9.17, 15) is 9.59 Å². The number of hydrogen-bond acceptors (Lipinski definition) is 6. The second-order valence-corrected chi connectivity index (χ2v) is 6.80. The first-order chi connectivity index (χ1) is 12.8. The van der Waals surface area contributed by atoms with E-state index in [1.165, 1.54) is 20.3 Å². The third-order valence-electron chi connectivity index (χ3n) is 4.23. The normalized spacial score (nSPS) is 14.1. The fourth-order valence-corrected chi connectivity index (χ4v) is 2.68. The van der Waals surface area contributed by atoms with Crippen molar-refractivity contribution in [3.05, 3.63) is 47.1 Å². The Bertz CT molecular complexity index is 801. The van der Waals surface area contributed by atoms with E-state index >= 15 is 0 Å². The number of carbonyl (C=O) groups excluding carboxylic acids is 2. The van der Waals surface area contributed by atoms with Crippen LogP contribution >= 0.6 is 0 Å². The van der Waals surface area contributed by atoms with Crippen LogP contribution in [-0.2, 0) is 9.63 Å². The van der Waals surface area contributed by atoms with E-state index in [-0.39, 0.29) is 23.2 Å². The molecule has 2 rings (SSSR count). The number of ketones is 1. The van der Waals surface area contributed by atoms with Crippen LogP contribution in [0.25, 0.3) is 0 Å². The summed E-state index contributed by atoms with van der Waals surface area (Å²) < 4.78 is 10.3. The SMILES string of the molecule is COc1ccc(C(=O)ON=C2C=C(C(C)C)C(=O)C(C(C)C)=C2)cc1OC. The number of allylic oxidation sites excluding steroid dienone is 4. The molecule has 0 saturated heterocycles. The van der Waals surface area contributed by atoms with Gasteiger partial charge in [0.25, 0.3) is 0 Å². The molecule has 0 bridgehead atoms. The molecule has 0 fully saturated rings. The van der Waals surface area contributed by atoms with Gasteiger partial charge in [0.2, 0.25) is 0 Å². The Kier molecular flexibility index (Phi) is 6.55. The molecule has 0 unspecified atom stereocenters. The van der Waals surface area contributed by atoms with E-state index in [0.29, 0.717) is 28.4 Å². The third-order valence-corrected chi connectivity index (χ3v) is 4.23. The minimum Gasteiger partial charge on any atom is -0.493 e. The molecule has 0 radical (unpaired) electrons. The van der Waals surface area contributed by atoms with Crippen LogP contribution in [0.5, 0.6) is 11.5 Å². The molecule has 0 aliphatic heterocycles. The molecule has 0 amide bonds. The van der Waals surface area contributed by atoms with Gasteiger partial charge in [-0.15, -0.1) is 0 Å². The van der Waals surface area contributed by atoms with Gasteiger partial charge in [0.1, 0.15) is 5.71 Å². The predicted molar refractivity (Wildman–Crippen MR) is 103 cm³/mol. The molecule has 27 heavy (non-hydrogen) atoms. The van der Waals surface area contributed by atoms with Gasteiger partial charge in [-0.25, -0.2) is 4.79 Å². The monoisotopic (exact) mass is 371 g/mol. The molecular formula is C21H25NO5. The standard InChI is InChI=1S/C21H25NO5/c1-12(2)16-10-15(11-17(13(3)4)20(16)23)22-27-21(24)14-7-8-18(25-5)19(9-14)26-6/h7-13H,1-6H3. The molecule has 1 aliphatic rings. The minimum absolute atomic E-state index is 0.0187. The number of rotatable bonds is 6. The van der Waals surface area contributed by atoms with Crippen LogP contribution in [0.4, 0.5) is 0 Å². The van der Waals surface area contributed by atoms with Crippen molar-refractivity contribution < 1.29 is 23.9 Å². The number of methoxy groups -OCH3 is 2. The quantitative estimate of drug-likeness (QED) is 0.430. The van der Waals surface area contributed by atoms with Gasteiger partial charge in [0, 0.05) is 11.1 Å². The van der Waals surface area contributed by atoms with E-state index in [1.54, 1.807) is 24.3 Å². The van der Waals surface area contributed by atoms with E-state index in [0.717, 1.165) is 0 Å². The van der Waals surface area contributed by atoms with E-state index < -0.39 is 5.97 Å². The Labute approximate surface area is 159 Å². The van der Waals surface area contributed by atoms with Crippen molar-refractivity contribution >= 4 is 17.5 Å². The second kappa shape index (κ2) is 8.66. The molecule has 0 saturated carbocycles. The number of Topliss-reactive ketones (excluding diaryl/α,β-unsaturated/α-hetero) is 1. The Morgan fingerprint density at radius 2 is 1.48 bits per heavy atom. The number of carbonyl (C=O) groups is 2. The first-order valence-corrected chi connectivity index (χ1v) is 8.77. The van der Waals surface area contributed by atoms with Crippen LogP contribution < -0.4 is 9.47 Å². The summed E-state index contributed by atoms with van der Waals surface area (Å²) in [5, 5.41) is 3.95. The lowest BCUT2D eigenvalue weighted by atomic mass is 9.84. The summed E-state index contributed by atoms with van der Waals surface area (Å²) in [6.45, 7) is 7.78. The molecule has 1 aliphatic carbocycles. The van der Waals surface area contributed by atoms with Crippen LogP contribution in [0.2, 0.25) is 0 Å². The summed E-state index contributed by atoms with van der Waals surface area (Å²) in [4.78, 5) is 29.9. The lowest BCUT2D eigenvalue weighted by Crippen LogP contribution is -2.21. The van der Waals surface area contributed by atoms with Crippen molar-refractivity contribution in [1.82, 2.24) is 0 Å². The van der Waals surface area contributed by atoms with Crippen LogP contribution in [0.1, 0.15) is 38.1 Å². The fourth-order valence-electron chi connectivity index (χ4n) is 2.68. The van der Waals surface area contributed by atoms with Crippen molar-refractivity contribution in [1.29, 1.82) is 0 Å². The van der Waals surface area contributed by atoms with Gasteiger partial charge in [-0.2, -0.15) is 0 Å². The van der Waals surface area contributed by atoms with Crippen molar-refractivity contribution in [2.75, 3.05) is 14.2 Å². The Morgan fingerprint density at radius 1 is 0.926 bits per heavy atom. The smallest absolute Gasteiger partial charge is 0.365 e. The van der Waals surface area contributed by atoms with Gasteiger partial charge in [-0.3, -0.25) is 4.79 Å². The molecule has 144 valence electrons. The summed E-state index contributed by atoms with van der Waals surface area (Å²) in [7, 11) is 3.01. The van der Waals surface area contributed by atoms with Gasteiger partial charge in [0.15, 0.2) is 17.3 Å². The second-order valence-electron chi connectivity index (χ2n) is 6.80. The Balaban J connectivity index is 2.27. The molecule has 6 heteroatoms. The van der Waals surface area contributed by atoms with Gasteiger partial charge < -0.3 is 14.3 Å². The van der Waals surface area contributed by atoms with Crippen LogP contribution in [0, 0.1) is 11.8 Å². The van der Waals surface area contributed by atoms with Crippen LogP contribution in [0.3, 0.4) is 0 Å². The summed E-state index contributed by atoms with van der Waals surface area (Å²) >= 11 is 0. The largest absolute Gasteiger partial charge is 0.493 e. The zero-order chi connectivity index (χ0) is 20.1. The molecule has 1 aromatic rings. The lowest BCUT2D eigenvalue weighted by molar-refractivity contribution is -0.113. The van der Waals surface area contributed by atoms with Crippen molar-refractivity contribution in [3.8, 4) is 11.5 Å².